The van der Waals surface area contributed by atoms with Gasteiger partial charge >= 0.3 is 5.97 Å². The lowest BCUT2D eigenvalue weighted by molar-refractivity contribution is -0.118. The molecule has 0 unspecified atom stereocenters. The molecule has 0 spiro atoms. The summed E-state index contributed by atoms with van der Waals surface area (Å²) in [6.45, 7) is 0.291. The van der Waals surface area contributed by atoms with Gasteiger partial charge in [0.2, 0.25) is 5.91 Å². The number of aliphatic imine (C=N–C) groups is 1. The Hall–Kier alpha value is -3.88. The van der Waals surface area contributed by atoms with Crippen molar-refractivity contribution in [3.63, 3.8) is 0 Å². The fourth-order valence-corrected chi connectivity index (χ4v) is 2.60. The summed E-state index contributed by atoms with van der Waals surface area (Å²) in [7, 11) is 0. The van der Waals surface area contributed by atoms with Crippen LogP contribution in [0.4, 0.5) is 5.69 Å². The molecule has 0 radical (unpaired) electrons. The van der Waals surface area contributed by atoms with Crippen molar-refractivity contribution in [1.29, 1.82) is 0 Å². The van der Waals surface area contributed by atoms with E-state index >= 15 is 0 Å². The molecule has 9 nitrogen and oxygen atoms in total. The second-order valence-corrected chi connectivity index (χ2v) is 6.18. The summed E-state index contributed by atoms with van der Waals surface area (Å²) in [5.74, 6) is -2.18. The Morgan fingerprint density at radius 1 is 1.00 bits per heavy atom. The van der Waals surface area contributed by atoms with E-state index in [4.69, 9.17) is 11.5 Å². The predicted molar refractivity (Wildman–Crippen MR) is 110 cm³/mol. The number of guanidine groups is 1. The molecule has 29 heavy (non-hydrogen) atoms. The molecular weight excluding hydrogens is 374 g/mol. The standard InChI is InChI=1S/C20H23N5O4/c21-20(22)23-12-6-11-16(25-17(26)13-7-2-1-3-8-13)18(27)24-15-10-5-4-9-14(15)19(28)29/h1-5,7-10,16H,6,11-12H2,(H,24,27)(H,25,26)(H,28,29)(H4,21,22,23)/t16-/m0/s1. The van der Waals surface area contributed by atoms with Gasteiger partial charge in [-0.2, -0.15) is 0 Å². The Bertz CT molecular complexity index is 895. The van der Waals surface area contributed by atoms with Gasteiger partial charge in [0.05, 0.1) is 11.3 Å². The number of rotatable bonds is 9. The van der Waals surface area contributed by atoms with Crippen LogP contribution >= 0.6 is 0 Å². The molecule has 0 bridgehead atoms. The van der Waals surface area contributed by atoms with E-state index in [9.17, 15) is 19.5 Å². The molecule has 152 valence electrons. The van der Waals surface area contributed by atoms with Gasteiger partial charge in [-0.15, -0.1) is 0 Å². The maximum absolute atomic E-state index is 12.8. The largest absolute Gasteiger partial charge is 0.478 e. The summed E-state index contributed by atoms with van der Waals surface area (Å²) < 4.78 is 0. The molecule has 2 rings (SSSR count). The second-order valence-electron chi connectivity index (χ2n) is 6.18. The number of aromatic carboxylic acids is 1. The minimum atomic E-state index is -1.17. The van der Waals surface area contributed by atoms with Gasteiger partial charge in [0, 0.05) is 12.1 Å². The van der Waals surface area contributed by atoms with Crippen LogP contribution in [0.25, 0.3) is 0 Å². The predicted octanol–water partition coefficient (Wildman–Crippen LogP) is 1.18. The molecule has 2 aromatic carbocycles. The number of carbonyl (C=O) groups excluding carboxylic acids is 2. The van der Waals surface area contributed by atoms with Crippen molar-refractivity contribution in [3.8, 4) is 0 Å². The minimum Gasteiger partial charge on any atom is -0.478 e. The monoisotopic (exact) mass is 397 g/mol. The third-order valence-electron chi connectivity index (χ3n) is 4.02. The first-order chi connectivity index (χ1) is 13.9. The molecule has 0 aromatic heterocycles. The SMILES string of the molecule is NC(N)=NCCC[C@H](NC(=O)c1ccccc1)C(=O)Nc1ccccc1C(=O)O. The van der Waals surface area contributed by atoms with E-state index in [0.29, 0.717) is 18.5 Å². The molecule has 0 aliphatic heterocycles. The number of carboxylic acid groups (broad SMARTS) is 1. The van der Waals surface area contributed by atoms with Crippen molar-refractivity contribution in [2.45, 2.75) is 18.9 Å². The summed E-state index contributed by atoms with van der Waals surface area (Å²) in [4.78, 5) is 40.5. The maximum Gasteiger partial charge on any atom is 0.337 e. The molecule has 2 aromatic rings. The fraction of sp³-hybridized carbons (Fsp3) is 0.200. The molecular formula is C20H23N5O4. The molecule has 1 atom stereocenters. The summed E-state index contributed by atoms with van der Waals surface area (Å²) >= 11 is 0. The van der Waals surface area contributed by atoms with Crippen molar-refractivity contribution in [1.82, 2.24) is 5.32 Å². The van der Waals surface area contributed by atoms with Crippen LogP contribution in [0.1, 0.15) is 33.6 Å². The highest BCUT2D eigenvalue weighted by molar-refractivity contribution is 6.04. The van der Waals surface area contributed by atoms with Gasteiger partial charge in [0.25, 0.3) is 5.91 Å². The van der Waals surface area contributed by atoms with Crippen LogP contribution in [0.5, 0.6) is 0 Å². The molecule has 0 saturated heterocycles. The van der Waals surface area contributed by atoms with Gasteiger partial charge < -0.3 is 27.2 Å². The van der Waals surface area contributed by atoms with Crippen LogP contribution in [-0.4, -0.2) is 41.4 Å². The lowest BCUT2D eigenvalue weighted by Crippen LogP contribution is -2.44. The first-order valence-electron chi connectivity index (χ1n) is 8.93. The highest BCUT2D eigenvalue weighted by Gasteiger charge is 2.22. The van der Waals surface area contributed by atoms with Crippen LogP contribution in [-0.2, 0) is 4.79 Å². The van der Waals surface area contributed by atoms with Crippen molar-refractivity contribution in [2.24, 2.45) is 16.5 Å². The lowest BCUT2D eigenvalue weighted by atomic mass is 10.1. The van der Waals surface area contributed by atoms with Gasteiger partial charge in [-0.1, -0.05) is 30.3 Å². The van der Waals surface area contributed by atoms with E-state index in [1.54, 1.807) is 42.5 Å². The molecule has 0 heterocycles. The van der Waals surface area contributed by atoms with Crippen LogP contribution in [0.3, 0.4) is 0 Å². The summed E-state index contributed by atoms with van der Waals surface area (Å²) in [6, 6.07) is 13.6. The quantitative estimate of drug-likeness (QED) is 0.243. The number of nitrogens with zero attached hydrogens (tertiary/aromatic N) is 1. The number of nitrogens with one attached hydrogen (secondary N) is 2. The third-order valence-corrected chi connectivity index (χ3v) is 4.02. The summed E-state index contributed by atoms with van der Waals surface area (Å²) in [6.07, 6.45) is 0.696. The molecule has 2 amide bonds. The highest BCUT2D eigenvalue weighted by atomic mass is 16.4. The van der Waals surface area contributed by atoms with Crippen molar-refractivity contribution >= 4 is 29.4 Å². The van der Waals surface area contributed by atoms with Crippen LogP contribution in [0.2, 0.25) is 0 Å². The Morgan fingerprint density at radius 3 is 2.31 bits per heavy atom. The van der Waals surface area contributed by atoms with Gasteiger partial charge in [-0.3, -0.25) is 14.6 Å². The number of para-hydroxylation sites is 1. The van der Waals surface area contributed by atoms with Gasteiger partial charge in [-0.25, -0.2) is 4.79 Å². The van der Waals surface area contributed by atoms with Crippen LogP contribution in [0, 0.1) is 0 Å². The average Bonchev–Trinajstić information content (AvgIpc) is 2.70. The molecule has 0 saturated carbocycles. The number of hydrogen-bond donors (Lipinski definition) is 5. The number of hydrogen-bond acceptors (Lipinski definition) is 4. The van der Waals surface area contributed by atoms with E-state index in [0.717, 1.165) is 0 Å². The number of anilines is 1. The Kier molecular flexibility index (Phi) is 7.72. The first-order valence-corrected chi connectivity index (χ1v) is 8.93. The van der Waals surface area contributed by atoms with Crippen molar-refractivity contribution in [2.75, 3.05) is 11.9 Å². The maximum atomic E-state index is 12.8. The van der Waals surface area contributed by atoms with Crippen molar-refractivity contribution < 1.29 is 19.5 Å². The van der Waals surface area contributed by atoms with Crippen LogP contribution in [0.15, 0.2) is 59.6 Å². The van der Waals surface area contributed by atoms with E-state index < -0.39 is 23.8 Å². The van der Waals surface area contributed by atoms with Gasteiger partial charge in [0.15, 0.2) is 5.96 Å². The molecule has 0 fully saturated rings. The number of nitrogens with two attached hydrogens (primary N) is 2. The Labute approximate surface area is 167 Å². The van der Waals surface area contributed by atoms with Crippen LogP contribution < -0.4 is 22.1 Å². The Morgan fingerprint density at radius 2 is 1.66 bits per heavy atom. The summed E-state index contributed by atoms with van der Waals surface area (Å²) in [5, 5.41) is 14.5. The smallest absolute Gasteiger partial charge is 0.337 e. The highest BCUT2D eigenvalue weighted by Crippen LogP contribution is 2.16. The van der Waals surface area contributed by atoms with E-state index in [1.807, 2.05) is 0 Å². The third kappa shape index (κ3) is 6.65. The average molecular weight is 397 g/mol. The first kappa shape index (κ1) is 21.4. The minimum absolute atomic E-state index is 0.0468. The van der Waals surface area contributed by atoms with Gasteiger partial charge in [0.1, 0.15) is 6.04 Å². The van der Waals surface area contributed by atoms with Gasteiger partial charge in [-0.05, 0) is 37.1 Å². The fourth-order valence-electron chi connectivity index (χ4n) is 2.60. The van der Waals surface area contributed by atoms with E-state index in [1.165, 1.54) is 12.1 Å². The Balaban J connectivity index is 2.14. The normalized spacial score (nSPS) is 11.2. The molecule has 0 aliphatic rings. The number of carboxylic acids is 1. The molecule has 0 aliphatic carbocycles. The summed E-state index contributed by atoms with van der Waals surface area (Å²) in [5.41, 5.74) is 11.1. The zero-order valence-corrected chi connectivity index (χ0v) is 15.7. The van der Waals surface area contributed by atoms with Crippen molar-refractivity contribution in [3.05, 3.63) is 65.7 Å². The second kappa shape index (κ2) is 10.5. The molecule has 9 heteroatoms. The zero-order chi connectivity index (χ0) is 21.2. The topological polar surface area (TPSA) is 160 Å². The van der Waals surface area contributed by atoms with E-state index in [2.05, 4.69) is 15.6 Å². The molecule has 7 N–H and O–H groups in total. The zero-order valence-electron chi connectivity index (χ0n) is 15.7. The lowest BCUT2D eigenvalue weighted by Gasteiger charge is -2.19. The number of amides is 2. The number of carbonyl (C=O) groups is 3. The number of benzene rings is 2. The van der Waals surface area contributed by atoms with E-state index in [-0.39, 0.29) is 23.6 Å².